The average Bonchev–Trinajstić information content (AvgIpc) is 2.62. The van der Waals surface area contributed by atoms with Crippen LogP contribution < -0.4 is 5.73 Å². The topological polar surface area (TPSA) is 46.3 Å². The molecule has 3 nitrogen and oxygen atoms in total. The second kappa shape index (κ2) is 10.9. The molecule has 0 aliphatic carbocycles. The molecule has 2 aromatic rings. The Kier molecular flexibility index (Phi) is 9.22. The Morgan fingerprint density at radius 1 is 1.08 bits per heavy atom. The quantitative estimate of drug-likeness (QED) is 0.674. The number of halogens is 1. The van der Waals surface area contributed by atoms with E-state index in [0.717, 1.165) is 30.6 Å². The Hall–Kier alpha value is -2.00. The van der Waals surface area contributed by atoms with E-state index in [1.165, 1.54) is 11.1 Å². The zero-order valence-corrected chi connectivity index (χ0v) is 16.9. The van der Waals surface area contributed by atoms with E-state index in [1.54, 1.807) is 0 Å². The maximum Gasteiger partial charge on any atom is 0.223 e. The van der Waals surface area contributed by atoms with E-state index in [0.29, 0.717) is 12.8 Å². The van der Waals surface area contributed by atoms with Crippen molar-refractivity contribution in [1.29, 1.82) is 0 Å². The Balaban J connectivity index is 0.00000338. The van der Waals surface area contributed by atoms with Crippen LogP contribution in [0.2, 0.25) is 0 Å². The van der Waals surface area contributed by atoms with E-state index in [-0.39, 0.29) is 24.4 Å². The zero-order valence-electron chi connectivity index (χ0n) is 16.1. The van der Waals surface area contributed by atoms with E-state index < -0.39 is 0 Å². The SMILES string of the molecule is CCC(Cc1ccc(C)cc1)N(CC)C(=O)CCc1ccccc1N.Cl. The lowest BCUT2D eigenvalue weighted by Gasteiger charge is -2.30. The molecular formula is C22H31ClN2O. The van der Waals surface area contributed by atoms with Crippen LogP contribution in [0.1, 0.15) is 43.4 Å². The number of nitrogens with zero attached hydrogens (tertiary/aromatic N) is 1. The third-order valence-electron chi connectivity index (χ3n) is 4.83. The molecule has 0 aliphatic rings. The van der Waals surface area contributed by atoms with E-state index in [2.05, 4.69) is 45.0 Å². The van der Waals surface area contributed by atoms with Crippen LogP contribution in [0.15, 0.2) is 48.5 Å². The third kappa shape index (κ3) is 6.06. The number of carbonyl (C=O) groups excluding carboxylic acids is 1. The maximum absolute atomic E-state index is 12.8. The van der Waals surface area contributed by atoms with Gasteiger partial charge in [-0.15, -0.1) is 12.4 Å². The standard InChI is InChI=1S/C22H30N2O.ClH/c1-4-20(16-18-12-10-17(3)11-13-18)24(5-2)22(25)15-14-19-8-6-7-9-21(19)23;/h6-13,20H,4-5,14-16,23H2,1-3H3;1H. The molecule has 2 aromatic carbocycles. The number of hydrogen-bond donors (Lipinski definition) is 1. The summed E-state index contributed by atoms with van der Waals surface area (Å²) in [6.07, 6.45) is 3.07. The molecule has 2 N–H and O–H groups in total. The number of benzene rings is 2. The lowest BCUT2D eigenvalue weighted by atomic mass is 10.0. The summed E-state index contributed by atoms with van der Waals surface area (Å²) in [5, 5.41) is 0. The second-order valence-electron chi connectivity index (χ2n) is 6.63. The predicted octanol–water partition coefficient (Wildman–Crippen LogP) is 4.80. The van der Waals surface area contributed by atoms with Gasteiger partial charge in [0.15, 0.2) is 0 Å². The fourth-order valence-corrected chi connectivity index (χ4v) is 3.26. The summed E-state index contributed by atoms with van der Waals surface area (Å²) in [6, 6.07) is 16.6. The first-order chi connectivity index (χ1) is 12.0. The third-order valence-corrected chi connectivity index (χ3v) is 4.83. The minimum atomic E-state index is 0. The van der Waals surface area contributed by atoms with Crippen LogP contribution in [-0.4, -0.2) is 23.4 Å². The Morgan fingerprint density at radius 3 is 2.31 bits per heavy atom. The van der Waals surface area contributed by atoms with Gasteiger partial charge >= 0.3 is 0 Å². The van der Waals surface area contributed by atoms with Gasteiger partial charge in [0.25, 0.3) is 0 Å². The first kappa shape index (κ1) is 22.0. The van der Waals surface area contributed by atoms with Gasteiger partial charge in [-0.05, 0) is 50.3 Å². The van der Waals surface area contributed by atoms with E-state index in [1.807, 2.05) is 29.2 Å². The van der Waals surface area contributed by atoms with E-state index >= 15 is 0 Å². The Bertz CT molecular complexity index is 685. The minimum Gasteiger partial charge on any atom is -0.399 e. The predicted molar refractivity (Wildman–Crippen MR) is 113 cm³/mol. The molecule has 2 rings (SSSR count). The lowest BCUT2D eigenvalue weighted by molar-refractivity contribution is -0.133. The molecular weight excluding hydrogens is 344 g/mol. The molecule has 1 amide bonds. The van der Waals surface area contributed by atoms with Gasteiger partial charge in [-0.2, -0.15) is 0 Å². The van der Waals surface area contributed by atoms with Crippen molar-refractivity contribution in [2.75, 3.05) is 12.3 Å². The van der Waals surface area contributed by atoms with Gasteiger partial charge in [0.1, 0.15) is 0 Å². The van der Waals surface area contributed by atoms with Gasteiger partial charge in [0, 0.05) is 24.7 Å². The Labute approximate surface area is 164 Å². The molecule has 0 spiro atoms. The van der Waals surface area contributed by atoms with Crippen molar-refractivity contribution in [2.45, 2.75) is 52.5 Å². The normalized spacial score (nSPS) is 11.5. The Morgan fingerprint density at radius 2 is 1.73 bits per heavy atom. The number of rotatable bonds is 8. The molecule has 0 saturated heterocycles. The number of nitrogen functional groups attached to an aromatic ring is 1. The van der Waals surface area contributed by atoms with Gasteiger partial charge < -0.3 is 10.6 Å². The van der Waals surface area contributed by atoms with E-state index in [4.69, 9.17) is 5.73 Å². The number of likely N-dealkylation sites (N-methyl/N-ethyl adjacent to an activating group) is 1. The number of hydrogen-bond acceptors (Lipinski definition) is 2. The lowest BCUT2D eigenvalue weighted by Crippen LogP contribution is -2.41. The highest BCUT2D eigenvalue weighted by Crippen LogP contribution is 2.17. The molecule has 4 heteroatoms. The highest BCUT2D eigenvalue weighted by molar-refractivity contribution is 5.85. The van der Waals surface area contributed by atoms with Crippen molar-refractivity contribution in [3.8, 4) is 0 Å². The molecule has 0 bridgehead atoms. The fourth-order valence-electron chi connectivity index (χ4n) is 3.26. The number of anilines is 1. The molecule has 1 atom stereocenters. The van der Waals surface area contributed by atoms with Crippen molar-refractivity contribution in [3.05, 3.63) is 65.2 Å². The van der Waals surface area contributed by atoms with Crippen molar-refractivity contribution < 1.29 is 4.79 Å². The summed E-state index contributed by atoms with van der Waals surface area (Å²) in [7, 11) is 0. The minimum absolute atomic E-state index is 0. The van der Waals surface area contributed by atoms with Crippen molar-refractivity contribution >= 4 is 24.0 Å². The fraction of sp³-hybridized carbons (Fsp3) is 0.409. The van der Waals surface area contributed by atoms with Gasteiger partial charge in [0.05, 0.1) is 0 Å². The van der Waals surface area contributed by atoms with Crippen LogP contribution in [0.5, 0.6) is 0 Å². The number of aryl methyl sites for hydroxylation is 2. The molecule has 1 unspecified atom stereocenters. The van der Waals surface area contributed by atoms with Gasteiger partial charge in [-0.25, -0.2) is 0 Å². The van der Waals surface area contributed by atoms with Gasteiger partial charge in [-0.3, -0.25) is 4.79 Å². The smallest absolute Gasteiger partial charge is 0.223 e. The summed E-state index contributed by atoms with van der Waals surface area (Å²) in [6.45, 7) is 7.06. The highest BCUT2D eigenvalue weighted by atomic mass is 35.5. The van der Waals surface area contributed by atoms with Crippen molar-refractivity contribution in [2.24, 2.45) is 0 Å². The second-order valence-corrected chi connectivity index (χ2v) is 6.63. The van der Waals surface area contributed by atoms with Crippen LogP contribution in [0.3, 0.4) is 0 Å². The number of para-hydroxylation sites is 1. The maximum atomic E-state index is 12.8. The monoisotopic (exact) mass is 374 g/mol. The average molecular weight is 375 g/mol. The molecule has 0 radical (unpaired) electrons. The summed E-state index contributed by atoms with van der Waals surface area (Å²) in [4.78, 5) is 14.8. The summed E-state index contributed by atoms with van der Waals surface area (Å²) >= 11 is 0. The first-order valence-electron chi connectivity index (χ1n) is 9.23. The van der Waals surface area contributed by atoms with Crippen LogP contribution >= 0.6 is 12.4 Å². The van der Waals surface area contributed by atoms with Crippen molar-refractivity contribution in [1.82, 2.24) is 4.90 Å². The molecule has 142 valence electrons. The van der Waals surface area contributed by atoms with Crippen molar-refractivity contribution in [3.63, 3.8) is 0 Å². The largest absolute Gasteiger partial charge is 0.399 e. The zero-order chi connectivity index (χ0) is 18.2. The van der Waals surface area contributed by atoms with Crippen LogP contribution in [0, 0.1) is 6.92 Å². The van der Waals surface area contributed by atoms with Crippen LogP contribution in [-0.2, 0) is 17.6 Å². The van der Waals surface area contributed by atoms with Crippen LogP contribution in [0.25, 0.3) is 0 Å². The molecule has 26 heavy (non-hydrogen) atoms. The molecule has 0 heterocycles. The van der Waals surface area contributed by atoms with Gasteiger partial charge in [-0.1, -0.05) is 55.0 Å². The first-order valence-corrected chi connectivity index (χ1v) is 9.23. The molecule has 0 saturated carbocycles. The summed E-state index contributed by atoms with van der Waals surface area (Å²) < 4.78 is 0. The summed E-state index contributed by atoms with van der Waals surface area (Å²) in [5.74, 6) is 0.213. The van der Waals surface area contributed by atoms with Crippen LogP contribution in [0.4, 0.5) is 5.69 Å². The highest BCUT2D eigenvalue weighted by Gasteiger charge is 2.21. The molecule has 0 aromatic heterocycles. The number of amides is 1. The molecule has 0 aliphatic heterocycles. The van der Waals surface area contributed by atoms with E-state index in [9.17, 15) is 4.79 Å². The molecule has 0 fully saturated rings. The van der Waals surface area contributed by atoms with Gasteiger partial charge in [0.2, 0.25) is 5.91 Å². The summed E-state index contributed by atoms with van der Waals surface area (Å²) in [5.41, 5.74) is 10.4. The number of carbonyl (C=O) groups is 1. The number of nitrogens with two attached hydrogens (primary N) is 1.